The van der Waals surface area contributed by atoms with Crippen molar-refractivity contribution in [2.45, 2.75) is 19.4 Å². The Morgan fingerprint density at radius 2 is 2.44 bits per heavy atom. The predicted molar refractivity (Wildman–Crippen MR) is 60.5 cm³/mol. The number of aromatic carboxylic acids is 1. The number of hydrogen-bond acceptors (Lipinski definition) is 4. The highest BCUT2D eigenvalue weighted by Crippen LogP contribution is 2.12. The van der Waals surface area contributed by atoms with Crippen LogP contribution in [-0.2, 0) is 0 Å². The quantitative estimate of drug-likeness (QED) is 0.617. The van der Waals surface area contributed by atoms with Crippen LogP contribution in [0.1, 0.15) is 23.8 Å². The molecule has 84 valence electrons. The van der Waals surface area contributed by atoms with E-state index in [2.05, 4.69) is 21.2 Å². The van der Waals surface area contributed by atoms with E-state index in [4.69, 9.17) is 23.1 Å². The summed E-state index contributed by atoms with van der Waals surface area (Å²) in [6.07, 6.45) is 5.96. The second kappa shape index (κ2) is 5.33. The summed E-state index contributed by atoms with van der Waals surface area (Å²) < 4.78 is 0. The van der Waals surface area contributed by atoms with Gasteiger partial charge < -0.3 is 10.4 Å². The van der Waals surface area contributed by atoms with Crippen LogP contribution in [0.5, 0.6) is 0 Å². The van der Waals surface area contributed by atoms with Crippen LogP contribution in [0.25, 0.3) is 0 Å². The molecule has 0 aromatic carbocycles. The Morgan fingerprint density at radius 1 is 1.75 bits per heavy atom. The molecule has 0 amide bonds. The third kappa shape index (κ3) is 3.11. The molecule has 0 spiro atoms. The van der Waals surface area contributed by atoms with E-state index in [1.807, 2.05) is 6.92 Å². The SMILES string of the molecule is C#CC(CC)Nc1cc(C(=O)O)nc(Cl)n1. The van der Waals surface area contributed by atoms with E-state index in [1.54, 1.807) is 0 Å². The lowest BCUT2D eigenvalue weighted by Crippen LogP contribution is -2.17. The van der Waals surface area contributed by atoms with Gasteiger partial charge in [-0.2, -0.15) is 0 Å². The van der Waals surface area contributed by atoms with Gasteiger partial charge in [-0.25, -0.2) is 14.8 Å². The van der Waals surface area contributed by atoms with Crippen molar-refractivity contribution in [3.63, 3.8) is 0 Å². The van der Waals surface area contributed by atoms with Crippen molar-refractivity contribution in [1.29, 1.82) is 0 Å². The van der Waals surface area contributed by atoms with Gasteiger partial charge in [-0.05, 0) is 18.0 Å². The molecule has 0 bridgehead atoms. The molecule has 1 unspecified atom stereocenters. The maximum absolute atomic E-state index is 10.7. The van der Waals surface area contributed by atoms with Gasteiger partial charge in [0.1, 0.15) is 5.82 Å². The molecule has 16 heavy (non-hydrogen) atoms. The highest BCUT2D eigenvalue weighted by molar-refractivity contribution is 6.28. The van der Waals surface area contributed by atoms with Gasteiger partial charge in [-0.3, -0.25) is 0 Å². The average Bonchev–Trinajstić information content (AvgIpc) is 2.25. The van der Waals surface area contributed by atoms with E-state index in [0.29, 0.717) is 12.2 Å². The highest BCUT2D eigenvalue weighted by Gasteiger charge is 2.10. The van der Waals surface area contributed by atoms with Gasteiger partial charge >= 0.3 is 5.97 Å². The molecule has 2 N–H and O–H groups in total. The molecule has 0 saturated carbocycles. The smallest absolute Gasteiger partial charge is 0.354 e. The third-order valence-electron chi connectivity index (χ3n) is 1.85. The van der Waals surface area contributed by atoms with Crippen molar-refractivity contribution < 1.29 is 9.90 Å². The largest absolute Gasteiger partial charge is 0.477 e. The van der Waals surface area contributed by atoms with Gasteiger partial charge in [-0.1, -0.05) is 12.8 Å². The van der Waals surface area contributed by atoms with Crippen LogP contribution >= 0.6 is 11.6 Å². The first-order chi connectivity index (χ1) is 7.56. The molecule has 0 fully saturated rings. The fourth-order valence-electron chi connectivity index (χ4n) is 1.04. The standard InChI is InChI=1S/C10H10ClN3O2/c1-3-6(4-2)12-8-5-7(9(15)16)13-10(11)14-8/h1,5-6H,4H2,2H3,(H,15,16)(H,12,13,14). The van der Waals surface area contributed by atoms with Gasteiger partial charge in [0.2, 0.25) is 5.28 Å². The Kier molecular flexibility index (Phi) is 4.09. The molecule has 0 saturated heterocycles. The molecule has 1 atom stereocenters. The second-order valence-corrected chi connectivity index (χ2v) is 3.32. The number of halogens is 1. The number of nitrogens with zero attached hydrogens (tertiary/aromatic N) is 2. The van der Waals surface area contributed by atoms with Crippen LogP contribution in [0.3, 0.4) is 0 Å². The number of anilines is 1. The van der Waals surface area contributed by atoms with Crippen LogP contribution in [0.4, 0.5) is 5.82 Å². The highest BCUT2D eigenvalue weighted by atomic mass is 35.5. The number of carbonyl (C=O) groups is 1. The van der Waals surface area contributed by atoms with Gasteiger partial charge in [0, 0.05) is 6.07 Å². The lowest BCUT2D eigenvalue weighted by molar-refractivity contribution is 0.0690. The van der Waals surface area contributed by atoms with Crippen molar-refractivity contribution in [2.75, 3.05) is 5.32 Å². The summed E-state index contributed by atoms with van der Waals surface area (Å²) in [7, 11) is 0. The number of hydrogen-bond donors (Lipinski definition) is 2. The first-order valence-corrected chi connectivity index (χ1v) is 4.95. The molecule has 0 aliphatic heterocycles. The number of nitrogens with one attached hydrogen (secondary N) is 1. The minimum absolute atomic E-state index is 0.130. The number of carboxylic acid groups (broad SMARTS) is 1. The summed E-state index contributed by atoms with van der Waals surface area (Å²) in [6, 6.07) is 1.07. The molecule has 6 heteroatoms. The molecule has 1 aromatic rings. The van der Waals surface area contributed by atoms with Crippen molar-refractivity contribution in [1.82, 2.24) is 9.97 Å². The lowest BCUT2D eigenvalue weighted by Gasteiger charge is -2.11. The van der Waals surface area contributed by atoms with Crippen molar-refractivity contribution >= 4 is 23.4 Å². The molecule has 0 aliphatic carbocycles. The van der Waals surface area contributed by atoms with Gasteiger partial charge in [0.25, 0.3) is 0 Å². The minimum Gasteiger partial charge on any atom is -0.477 e. The molecular formula is C10H10ClN3O2. The Morgan fingerprint density at radius 3 is 2.94 bits per heavy atom. The number of rotatable bonds is 4. The number of terminal acetylenes is 1. The molecule has 0 radical (unpaired) electrons. The van der Waals surface area contributed by atoms with E-state index < -0.39 is 5.97 Å². The summed E-state index contributed by atoms with van der Waals surface area (Å²) in [4.78, 5) is 18.1. The van der Waals surface area contributed by atoms with Gasteiger partial charge in [-0.15, -0.1) is 6.42 Å². The minimum atomic E-state index is -1.17. The van der Waals surface area contributed by atoms with Crippen LogP contribution < -0.4 is 5.32 Å². The fraction of sp³-hybridized carbons (Fsp3) is 0.300. The predicted octanol–water partition coefficient (Wildman–Crippen LogP) is 1.65. The molecule has 0 aliphatic rings. The Bertz CT molecular complexity index is 442. The Labute approximate surface area is 97.9 Å². The van der Waals surface area contributed by atoms with Gasteiger partial charge in [0.05, 0.1) is 6.04 Å². The lowest BCUT2D eigenvalue weighted by atomic mass is 10.2. The normalized spacial score (nSPS) is 11.6. The average molecular weight is 240 g/mol. The summed E-state index contributed by atoms with van der Waals surface area (Å²) in [5, 5.41) is 11.5. The summed E-state index contributed by atoms with van der Waals surface area (Å²) in [5.74, 6) is 1.65. The van der Waals surface area contributed by atoms with Crippen LogP contribution in [0, 0.1) is 12.3 Å². The van der Waals surface area contributed by atoms with Crippen LogP contribution in [0.15, 0.2) is 6.07 Å². The topological polar surface area (TPSA) is 75.1 Å². The maximum Gasteiger partial charge on any atom is 0.354 e. The summed E-state index contributed by atoms with van der Waals surface area (Å²) >= 11 is 5.59. The zero-order valence-corrected chi connectivity index (χ0v) is 9.32. The molecule has 1 rings (SSSR count). The van der Waals surface area contributed by atoms with E-state index in [0.717, 1.165) is 0 Å². The zero-order chi connectivity index (χ0) is 12.1. The maximum atomic E-state index is 10.7. The summed E-state index contributed by atoms with van der Waals surface area (Å²) in [5.41, 5.74) is -0.172. The fourth-order valence-corrected chi connectivity index (χ4v) is 1.22. The zero-order valence-electron chi connectivity index (χ0n) is 8.57. The Hall–Kier alpha value is -1.80. The summed E-state index contributed by atoms with van der Waals surface area (Å²) in [6.45, 7) is 1.90. The van der Waals surface area contributed by atoms with Crippen LogP contribution in [0.2, 0.25) is 5.28 Å². The van der Waals surface area contributed by atoms with E-state index in [1.165, 1.54) is 6.07 Å². The first-order valence-electron chi connectivity index (χ1n) is 4.57. The molecule has 1 heterocycles. The van der Waals surface area contributed by atoms with Gasteiger partial charge in [0.15, 0.2) is 5.69 Å². The monoisotopic (exact) mass is 239 g/mol. The van der Waals surface area contributed by atoms with Crippen molar-refractivity contribution in [3.8, 4) is 12.3 Å². The molecule has 1 aromatic heterocycles. The Balaban J connectivity index is 2.97. The second-order valence-electron chi connectivity index (χ2n) is 2.98. The number of carboxylic acids is 1. The molecule has 5 nitrogen and oxygen atoms in total. The van der Waals surface area contributed by atoms with E-state index in [9.17, 15) is 4.79 Å². The first kappa shape index (κ1) is 12.3. The molecular weight excluding hydrogens is 230 g/mol. The van der Waals surface area contributed by atoms with E-state index >= 15 is 0 Å². The van der Waals surface area contributed by atoms with Crippen LogP contribution in [-0.4, -0.2) is 27.1 Å². The number of aromatic nitrogens is 2. The van der Waals surface area contributed by atoms with E-state index in [-0.39, 0.29) is 17.0 Å². The van der Waals surface area contributed by atoms with Crippen molar-refractivity contribution in [3.05, 3.63) is 17.0 Å². The van der Waals surface area contributed by atoms with Crippen molar-refractivity contribution in [2.24, 2.45) is 0 Å². The third-order valence-corrected chi connectivity index (χ3v) is 2.02.